The number of H-pyrrole nitrogens is 1. The number of nitrogens with one attached hydrogen (secondary N) is 2. The van der Waals surface area contributed by atoms with Crippen LogP contribution < -0.4 is 5.43 Å². The van der Waals surface area contributed by atoms with Crippen LogP contribution >= 0.6 is 0 Å². The summed E-state index contributed by atoms with van der Waals surface area (Å²) in [7, 11) is 0. The lowest BCUT2D eigenvalue weighted by molar-refractivity contribution is -0.384. The van der Waals surface area contributed by atoms with Gasteiger partial charge in [-0.3, -0.25) is 20.0 Å². The molecule has 0 saturated heterocycles. The van der Waals surface area contributed by atoms with E-state index in [0.717, 1.165) is 12.0 Å². The Morgan fingerprint density at radius 2 is 1.90 bits per heavy atom. The average Bonchev–Trinajstić information content (AvgIpc) is 3.19. The molecule has 8 heteroatoms. The number of hydrogen-bond acceptors (Lipinski definition) is 5. The van der Waals surface area contributed by atoms with Crippen molar-refractivity contribution in [3.8, 4) is 11.3 Å². The van der Waals surface area contributed by atoms with E-state index in [-0.39, 0.29) is 11.4 Å². The van der Waals surface area contributed by atoms with Crippen molar-refractivity contribution in [1.82, 2.24) is 15.6 Å². The van der Waals surface area contributed by atoms with Crippen molar-refractivity contribution >= 4 is 17.8 Å². The maximum absolute atomic E-state index is 12.2. The minimum atomic E-state index is -0.476. The smallest absolute Gasteiger partial charge is 0.272 e. The van der Waals surface area contributed by atoms with Gasteiger partial charge >= 0.3 is 0 Å². The number of nitro benzene ring substituents is 1. The second kappa shape index (κ2) is 8.92. The molecule has 148 valence electrons. The second-order valence-corrected chi connectivity index (χ2v) is 7.01. The quantitative estimate of drug-likeness (QED) is 0.361. The molecule has 3 aromatic rings. The lowest BCUT2D eigenvalue weighted by atomic mass is 10.0. The summed E-state index contributed by atoms with van der Waals surface area (Å²) in [6, 6.07) is 15.6. The fourth-order valence-corrected chi connectivity index (χ4v) is 2.78. The monoisotopic (exact) mass is 391 g/mol. The van der Waals surface area contributed by atoms with E-state index in [4.69, 9.17) is 0 Å². The topological polar surface area (TPSA) is 113 Å². The first-order chi connectivity index (χ1) is 13.9. The number of non-ortho nitro benzene ring substituents is 1. The van der Waals surface area contributed by atoms with E-state index < -0.39 is 10.8 Å². The Hall–Kier alpha value is -3.81. The van der Waals surface area contributed by atoms with E-state index in [2.05, 4.69) is 46.7 Å². The van der Waals surface area contributed by atoms with E-state index in [0.29, 0.717) is 17.2 Å². The molecule has 2 aromatic carbocycles. The van der Waals surface area contributed by atoms with Gasteiger partial charge < -0.3 is 0 Å². The zero-order valence-electron chi connectivity index (χ0n) is 16.1. The number of carbonyl (C=O) groups excluding carboxylic acids is 1. The Labute approximate surface area is 167 Å². The molecule has 2 N–H and O–H groups in total. The third kappa shape index (κ3) is 5.35. The Bertz CT molecular complexity index is 1020. The molecule has 0 bridgehead atoms. The molecule has 8 nitrogen and oxygen atoms in total. The van der Waals surface area contributed by atoms with Crippen LogP contribution in [0.4, 0.5) is 5.69 Å². The third-order valence-corrected chi connectivity index (χ3v) is 4.20. The van der Waals surface area contributed by atoms with Gasteiger partial charge in [-0.25, -0.2) is 5.43 Å². The fourth-order valence-electron chi connectivity index (χ4n) is 2.78. The third-order valence-electron chi connectivity index (χ3n) is 4.20. The maximum Gasteiger partial charge on any atom is 0.289 e. The molecule has 0 atom stereocenters. The maximum atomic E-state index is 12.2. The largest absolute Gasteiger partial charge is 0.289 e. The van der Waals surface area contributed by atoms with Crippen molar-refractivity contribution in [2.24, 2.45) is 11.0 Å². The Kier molecular flexibility index (Phi) is 6.13. The Balaban J connectivity index is 1.61. The van der Waals surface area contributed by atoms with Crippen LogP contribution in [0, 0.1) is 16.0 Å². The van der Waals surface area contributed by atoms with Crippen LogP contribution in [0.5, 0.6) is 0 Å². The van der Waals surface area contributed by atoms with Crippen LogP contribution in [0.2, 0.25) is 0 Å². The summed E-state index contributed by atoms with van der Waals surface area (Å²) in [6.07, 6.45) is 2.42. The molecule has 0 radical (unpaired) electrons. The van der Waals surface area contributed by atoms with Crippen molar-refractivity contribution < 1.29 is 9.72 Å². The molecule has 0 spiro atoms. The van der Waals surface area contributed by atoms with Crippen LogP contribution in [-0.4, -0.2) is 27.2 Å². The number of amides is 1. The predicted molar refractivity (Wildman–Crippen MR) is 111 cm³/mol. The lowest BCUT2D eigenvalue weighted by Crippen LogP contribution is -2.17. The molecular weight excluding hydrogens is 370 g/mol. The average molecular weight is 391 g/mol. The van der Waals surface area contributed by atoms with Gasteiger partial charge in [-0.2, -0.15) is 10.2 Å². The highest BCUT2D eigenvalue weighted by Gasteiger charge is 2.11. The molecule has 0 unspecified atom stereocenters. The lowest BCUT2D eigenvalue weighted by Gasteiger charge is -2.05. The van der Waals surface area contributed by atoms with Crippen LogP contribution in [-0.2, 0) is 6.42 Å². The molecule has 1 heterocycles. The summed E-state index contributed by atoms with van der Waals surface area (Å²) in [5.41, 5.74) is 6.16. The molecule has 3 rings (SSSR count). The van der Waals surface area contributed by atoms with Gasteiger partial charge in [0.15, 0.2) is 0 Å². The van der Waals surface area contributed by atoms with Gasteiger partial charge in [0.1, 0.15) is 5.69 Å². The minimum absolute atomic E-state index is 0.00610. The molecule has 0 aliphatic heterocycles. The summed E-state index contributed by atoms with van der Waals surface area (Å²) in [5, 5.41) is 21.4. The first-order valence-electron chi connectivity index (χ1n) is 9.15. The first-order valence-corrected chi connectivity index (χ1v) is 9.15. The van der Waals surface area contributed by atoms with E-state index in [1.165, 1.54) is 23.9 Å². The summed E-state index contributed by atoms with van der Waals surface area (Å²) < 4.78 is 0. The normalized spacial score (nSPS) is 11.1. The first kappa shape index (κ1) is 19.9. The van der Waals surface area contributed by atoms with Gasteiger partial charge in [-0.15, -0.1) is 0 Å². The number of carbonyl (C=O) groups is 1. The molecule has 0 saturated carbocycles. The van der Waals surface area contributed by atoms with Crippen molar-refractivity contribution in [2.75, 3.05) is 0 Å². The second-order valence-electron chi connectivity index (χ2n) is 7.01. The molecule has 29 heavy (non-hydrogen) atoms. The van der Waals surface area contributed by atoms with Gasteiger partial charge in [0.25, 0.3) is 11.6 Å². The summed E-state index contributed by atoms with van der Waals surface area (Å²) in [6.45, 7) is 4.35. The number of rotatable bonds is 7. The minimum Gasteiger partial charge on any atom is -0.272 e. The van der Waals surface area contributed by atoms with Crippen molar-refractivity contribution in [2.45, 2.75) is 20.3 Å². The molecule has 0 aliphatic rings. The van der Waals surface area contributed by atoms with Crippen LogP contribution in [0.1, 0.15) is 35.5 Å². The highest BCUT2D eigenvalue weighted by atomic mass is 16.6. The highest BCUT2D eigenvalue weighted by Crippen LogP contribution is 2.19. The molecule has 1 aromatic heterocycles. The van der Waals surface area contributed by atoms with Crippen molar-refractivity contribution in [1.29, 1.82) is 0 Å². The van der Waals surface area contributed by atoms with E-state index >= 15 is 0 Å². The number of hydrogen-bond donors (Lipinski definition) is 2. The number of hydrazone groups is 1. The number of nitrogens with zero attached hydrogens (tertiary/aromatic N) is 3. The van der Waals surface area contributed by atoms with Crippen molar-refractivity contribution in [3.63, 3.8) is 0 Å². The summed E-state index contributed by atoms with van der Waals surface area (Å²) >= 11 is 0. The van der Waals surface area contributed by atoms with Crippen LogP contribution in [0.25, 0.3) is 11.3 Å². The van der Waals surface area contributed by atoms with Gasteiger partial charge in [0, 0.05) is 17.7 Å². The zero-order valence-corrected chi connectivity index (χ0v) is 16.1. The number of benzene rings is 2. The van der Waals surface area contributed by atoms with E-state index in [1.54, 1.807) is 18.2 Å². The molecule has 1 amide bonds. The number of aromatic amines is 1. The van der Waals surface area contributed by atoms with Gasteiger partial charge in [0.05, 0.1) is 16.8 Å². The van der Waals surface area contributed by atoms with Gasteiger partial charge in [-0.05, 0) is 41.7 Å². The fraction of sp³-hybridized carbons (Fsp3) is 0.190. The molecular formula is C21H21N5O3. The highest BCUT2D eigenvalue weighted by molar-refractivity contribution is 5.94. The van der Waals surface area contributed by atoms with Crippen molar-refractivity contribution in [3.05, 3.63) is 81.5 Å². The molecule has 0 aliphatic carbocycles. The van der Waals surface area contributed by atoms with Crippen LogP contribution in [0.15, 0.2) is 59.7 Å². The Morgan fingerprint density at radius 1 is 1.21 bits per heavy atom. The zero-order chi connectivity index (χ0) is 20.8. The summed E-state index contributed by atoms with van der Waals surface area (Å²) in [4.78, 5) is 22.4. The van der Waals surface area contributed by atoms with Gasteiger partial charge in [0.2, 0.25) is 0 Å². The van der Waals surface area contributed by atoms with E-state index in [9.17, 15) is 14.9 Å². The van der Waals surface area contributed by atoms with Crippen LogP contribution in [0.3, 0.4) is 0 Å². The van der Waals surface area contributed by atoms with E-state index in [1.807, 2.05) is 12.1 Å². The number of nitro groups is 1. The Morgan fingerprint density at radius 3 is 2.52 bits per heavy atom. The molecule has 0 fully saturated rings. The predicted octanol–water partition coefficient (Wildman–Crippen LogP) is 3.95. The number of aromatic nitrogens is 2. The SMILES string of the molecule is CC(C)Cc1ccc(-c2cc(C(=O)NN=Cc3ccc([N+](=O)[O-])cc3)[nH]n2)cc1. The standard InChI is InChI=1S/C21H21N5O3/c1-14(2)11-15-3-7-17(8-4-15)19-12-20(24-23-19)21(27)25-22-13-16-5-9-18(10-6-16)26(28)29/h3-10,12-14H,11H2,1-2H3,(H,23,24)(H,25,27). The van der Waals surface area contributed by atoms with Gasteiger partial charge in [-0.1, -0.05) is 38.1 Å². The summed E-state index contributed by atoms with van der Waals surface area (Å²) in [5.74, 6) is 0.159.